The Kier molecular flexibility index (Phi) is 4.37. The third-order valence-corrected chi connectivity index (χ3v) is 2.32. The van der Waals surface area contributed by atoms with Crippen molar-refractivity contribution in [1.29, 1.82) is 0 Å². The summed E-state index contributed by atoms with van der Waals surface area (Å²) in [6.45, 7) is 0.235. The standard InChI is InChI=1S/C11H14F2N2O/c1-15(11(16)7-14)5-4-8-6-9(12)2-3-10(8)13/h2-3,6H,4-5,7,14H2,1H3. The Balaban J connectivity index is 2.60. The summed E-state index contributed by atoms with van der Waals surface area (Å²) in [6.07, 6.45) is 0.270. The van der Waals surface area contributed by atoms with Crippen molar-refractivity contribution in [3.63, 3.8) is 0 Å². The van der Waals surface area contributed by atoms with Crippen LogP contribution in [0.2, 0.25) is 0 Å². The van der Waals surface area contributed by atoms with Crippen LogP contribution >= 0.6 is 0 Å². The Hall–Kier alpha value is -1.49. The van der Waals surface area contributed by atoms with Gasteiger partial charge < -0.3 is 10.6 Å². The SMILES string of the molecule is CN(CCc1cc(F)ccc1F)C(=O)CN. The molecular weight excluding hydrogens is 214 g/mol. The zero-order valence-corrected chi connectivity index (χ0v) is 9.04. The summed E-state index contributed by atoms with van der Waals surface area (Å²) in [6, 6.07) is 3.28. The van der Waals surface area contributed by atoms with Gasteiger partial charge in [-0.3, -0.25) is 4.79 Å². The second-order valence-corrected chi connectivity index (χ2v) is 3.51. The lowest BCUT2D eigenvalue weighted by atomic mass is 10.1. The van der Waals surface area contributed by atoms with Crippen molar-refractivity contribution in [1.82, 2.24) is 4.90 Å². The van der Waals surface area contributed by atoms with E-state index < -0.39 is 11.6 Å². The van der Waals surface area contributed by atoms with Gasteiger partial charge in [0.05, 0.1) is 6.54 Å². The first-order valence-corrected chi connectivity index (χ1v) is 4.92. The molecule has 3 nitrogen and oxygen atoms in total. The van der Waals surface area contributed by atoms with Gasteiger partial charge in [-0.25, -0.2) is 8.78 Å². The highest BCUT2D eigenvalue weighted by Gasteiger charge is 2.08. The lowest BCUT2D eigenvalue weighted by molar-refractivity contribution is -0.128. The van der Waals surface area contributed by atoms with Crippen LogP contribution in [0.3, 0.4) is 0 Å². The summed E-state index contributed by atoms with van der Waals surface area (Å²) in [4.78, 5) is 12.5. The quantitative estimate of drug-likeness (QED) is 0.833. The Bertz CT molecular complexity index is 382. The predicted molar refractivity (Wildman–Crippen MR) is 56.8 cm³/mol. The number of carbonyl (C=O) groups excluding carboxylic acids is 1. The minimum Gasteiger partial charge on any atom is -0.344 e. The van der Waals surface area contributed by atoms with Crippen LogP contribution in [0.15, 0.2) is 18.2 Å². The molecule has 5 heteroatoms. The molecule has 0 aliphatic carbocycles. The molecule has 88 valence electrons. The summed E-state index contributed by atoms with van der Waals surface area (Å²) in [5.41, 5.74) is 5.43. The van der Waals surface area contributed by atoms with Gasteiger partial charge in [-0.1, -0.05) is 0 Å². The van der Waals surface area contributed by atoms with Crippen LogP contribution in [0, 0.1) is 11.6 Å². The maximum absolute atomic E-state index is 13.2. The summed E-state index contributed by atoms with van der Waals surface area (Å²) in [7, 11) is 1.58. The van der Waals surface area contributed by atoms with Crippen molar-refractivity contribution in [2.75, 3.05) is 20.1 Å². The number of carbonyl (C=O) groups is 1. The highest BCUT2D eigenvalue weighted by molar-refractivity contribution is 5.77. The number of hydrogen-bond donors (Lipinski definition) is 1. The molecule has 1 aromatic carbocycles. The van der Waals surface area contributed by atoms with E-state index >= 15 is 0 Å². The minimum absolute atomic E-state index is 0.0812. The average molecular weight is 228 g/mol. The van der Waals surface area contributed by atoms with Crippen molar-refractivity contribution in [2.45, 2.75) is 6.42 Å². The number of likely N-dealkylation sites (N-methyl/N-ethyl adjacent to an activating group) is 1. The van der Waals surface area contributed by atoms with Gasteiger partial charge in [-0.2, -0.15) is 0 Å². The van der Waals surface area contributed by atoms with E-state index in [1.54, 1.807) is 7.05 Å². The third kappa shape index (κ3) is 3.27. The molecule has 1 amide bonds. The van der Waals surface area contributed by atoms with Crippen molar-refractivity contribution in [2.24, 2.45) is 5.73 Å². The van der Waals surface area contributed by atoms with Gasteiger partial charge in [0, 0.05) is 13.6 Å². The normalized spacial score (nSPS) is 10.2. The second-order valence-electron chi connectivity index (χ2n) is 3.51. The Morgan fingerprint density at radius 2 is 2.12 bits per heavy atom. The van der Waals surface area contributed by atoms with Crippen molar-refractivity contribution < 1.29 is 13.6 Å². The first-order chi connectivity index (χ1) is 7.54. The number of benzene rings is 1. The molecule has 16 heavy (non-hydrogen) atoms. The van der Waals surface area contributed by atoms with Crippen molar-refractivity contribution >= 4 is 5.91 Å². The summed E-state index contributed by atoms with van der Waals surface area (Å²) in [5, 5.41) is 0. The molecule has 0 fully saturated rings. The van der Waals surface area contributed by atoms with Gasteiger partial charge in [0.1, 0.15) is 11.6 Å². The van der Waals surface area contributed by atoms with Gasteiger partial charge >= 0.3 is 0 Å². The predicted octanol–water partition coefficient (Wildman–Crippen LogP) is 0.924. The molecule has 0 aromatic heterocycles. The zero-order chi connectivity index (χ0) is 12.1. The van der Waals surface area contributed by atoms with Crippen LogP contribution < -0.4 is 5.73 Å². The van der Waals surface area contributed by atoms with Gasteiger partial charge in [-0.15, -0.1) is 0 Å². The molecule has 0 unspecified atom stereocenters. The number of halogens is 2. The largest absolute Gasteiger partial charge is 0.344 e. The Morgan fingerprint density at radius 3 is 2.75 bits per heavy atom. The summed E-state index contributed by atoms with van der Waals surface area (Å²) in [5.74, 6) is -1.17. The number of rotatable bonds is 4. The maximum atomic E-state index is 13.2. The van der Waals surface area contributed by atoms with Crippen LogP contribution in [0.1, 0.15) is 5.56 Å². The molecular formula is C11H14F2N2O. The fraction of sp³-hybridized carbons (Fsp3) is 0.364. The van der Waals surface area contributed by atoms with Crippen LogP contribution in [-0.2, 0) is 11.2 Å². The van der Waals surface area contributed by atoms with E-state index in [1.165, 1.54) is 4.90 Å². The molecule has 1 rings (SSSR count). The monoisotopic (exact) mass is 228 g/mol. The highest BCUT2D eigenvalue weighted by Crippen LogP contribution is 2.10. The molecule has 0 saturated carbocycles. The molecule has 0 bridgehead atoms. The van der Waals surface area contributed by atoms with Gasteiger partial charge in [0.2, 0.25) is 5.91 Å². The van der Waals surface area contributed by atoms with E-state index in [9.17, 15) is 13.6 Å². The lowest BCUT2D eigenvalue weighted by Gasteiger charge is -2.16. The fourth-order valence-electron chi connectivity index (χ4n) is 1.30. The van der Waals surface area contributed by atoms with E-state index in [0.29, 0.717) is 6.54 Å². The van der Waals surface area contributed by atoms with E-state index in [-0.39, 0.29) is 24.4 Å². The molecule has 0 aliphatic heterocycles. The molecule has 0 atom stereocenters. The topological polar surface area (TPSA) is 46.3 Å². The minimum atomic E-state index is -0.482. The van der Waals surface area contributed by atoms with Crippen LogP contribution in [0.4, 0.5) is 8.78 Å². The lowest BCUT2D eigenvalue weighted by Crippen LogP contribution is -2.34. The molecule has 0 radical (unpaired) electrons. The molecule has 0 saturated heterocycles. The molecule has 0 heterocycles. The Labute approximate surface area is 92.8 Å². The highest BCUT2D eigenvalue weighted by atomic mass is 19.1. The van der Waals surface area contributed by atoms with E-state index in [4.69, 9.17) is 5.73 Å². The first kappa shape index (κ1) is 12.6. The molecule has 1 aromatic rings. The smallest absolute Gasteiger partial charge is 0.236 e. The van der Waals surface area contributed by atoms with E-state index in [1.807, 2.05) is 0 Å². The number of nitrogens with zero attached hydrogens (tertiary/aromatic N) is 1. The van der Waals surface area contributed by atoms with Crippen LogP contribution in [-0.4, -0.2) is 30.9 Å². The molecule has 2 N–H and O–H groups in total. The van der Waals surface area contributed by atoms with Gasteiger partial charge in [-0.05, 0) is 30.2 Å². The zero-order valence-electron chi connectivity index (χ0n) is 9.04. The van der Waals surface area contributed by atoms with Crippen LogP contribution in [0.25, 0.3) is 0 Å². The second kappa shape index (κ2) is 5.55. The third-order valence-electron chi connectivity index (χ3n) is 2.32. The van der Waals surface area contributed by atoms with Gasteiger partial charge in [0.15, 0.2) is 0 Å². The number of hydrogen-bond acceptors (Lipinski definition) is 2. The average Bonchev–Trinajstić information content (AvgIpc) is 2.28. The van der Waals surface area contributed by atoms with Crippen molar-refractivity contribution in [3.8, 4) is 0 Å². The first-order valence-electron chi connectivity index (χ1n) is 4.92. The fourth-order valence-corrected chi connectivity index (χ4v) is 1.30. The van der Waals surface area contributed by atoms with Gasteiger partial charge in [0.25, 0.3) is 0 Å². The summed E-state index contributed by atoms with van der Waals surface area (Å²) >= 11 is 0. The van der Waals surface area contributed by atoms with E-state index in [2.05, 4.69) is 0 Å². The number of amides is 1. The van der Waals surface area contributed by atoms with Crippen molar-refractivity contribution in [3.05, 3.63) is 35.4 Å². The number of nitrogens with two attached hydrogens (primary N) is 1. The maximum Gasteiger partial charge on any atom is 0.236 e. The molecule has 0 spiro atoms. The molecule has 0 aliphatic rings. The Morgan fingerprint density at radius 1 is 1.44 bits per heavy atom. The summed E-state index contributed by atoms with van der Waals surface area (Å²) < 4.78 is 26.0. The van der Waals surface area contributed by atoms with Crippen LogP contribution in [0.5, 0.6) is 0 Å². The van der Waals surface area contributed by atoms with E-state index in [0.717, 1.165) is 18.2 Å².